The molecule has 2 rings (SSSR count). The molecule has 0 aliphatic heterocycles. The van der Waals surface area contributed by atoms with Gasteiger partial charge in [-0.25, -0.2) is 9.97 Å². The van der Waals surface area contributed by atoms with E-state index >= 15 is 0 Å². The van der Waals surface area contributed by atoms with E-state index in [1.165, 1.54) is 0 Å². The first-order valence-corrected chi connectivity index (χ1v) is 6.00. The fourth-order valence-corrected chi connectivity index (χ4v) is 1.78. The number of hydrogen-bond acceptors (Lipinski definition) is 5. The van der Waals surface area contributed by atoms with Crippen molar-refractivity contribution in [3.05, 3.63) is 36.0 Å². The summed E-state index contributed by atoms with van der Waals surface area (Å²) in [5.41, 5.74) is 8.64. The molecule has 1 aromatic carbocycles. The van der Waals surface area contributed by atoms with Crippen LogP contribution in [0.1, 0.15) is 5.69 Å². The molecular formula is C14H18N4O. The van der Waals surface area contributed by atoms with Gasteiger partial charge in [0.15, 0.2) is 5.82 Å². The Morgan fingerprint density at radius 1 is 1.16 bits per heavy atom. The van der Waals surface area contributed by atoms with Gasteiger partial charge in [-0.3, -0.25) is 0 Å². The van der Waals surface area contributed by atoms with E-state index in [0.717, 1.165) is 16.9 Å². The van der Waals surface area contributed by atoms with Crippen LogP contribution in [0.5, 0.6) is 0 Å². The molecule has 0 aliphatic carbocycles. The average molecular weight is 258 g/mol. The molecule has 0 unspecified atom stereocenters. The summed E-state index contributed by atoms with van der Waals surface area (Å²) in [6, 6.07) is 9.75. The fraction of sp³-hybridized carbons (Fsp3) is 0.286. The Hall–Kier alpha value is -2.14. The van der Waals surface area contributed by atoms with Gasteiger partial charge in [-0.05, 0) is 24.3 Å². The summed E-state index contributed by atoms with van der Waals surface area (Å²) in [6.07, 6.45) is 0. The van der Waals surface area contributed by atoms with Gasteiger partial charge in [0.25, 0.3) is 0 Å². The molecule has 2 aromatic rings. The predicted molar refractivity (Wildman–Crippen MR) is 76.9 cm³/mol. The van der Waals surface area contributed by atoms with Crippen molar-refractivity contribution >= 4 is 11.5 Å². The summed E-state index contributed by atoms with van der Waals surface area (Å²) in [5.74, 6) is 1.08. The first kappa shape index (κ1) is 13.3. The van der Waals surface area contributed by atoms with Gasteiger partial charge in [-0.15, -0.1) is 0 Å². The van der Waals surface area contributed by atoms with Crippen LogP contribution in [-0.4, -0.2) is 31.2 Å². The molecule has 5 nitrogen and oxygen atoms in total. The minimum Gasteiger partial charge on any atom is -0.384 e. The number of rotatable bonds is 4. The lowest BCUT2D eigenvalue weighted by Crippen LogP contribution is -2.08. The molecule has 0 bridgehead atoms. The first-order chi connectivity index (χ1) is 9.10. The quantitative estimate of drug-likeness (QED) is 0.908. The van der Waals surface area contributed by atoms with Crippen molar-refractivity contribution in [2.24, 2.45) is 0 Å². The van der Waals surface area contributed by atoms with Gasteiger partial charge in [0.05, 0.1) is 12.3 Å². The number of hydrogen-bond donors (Lipinski definition) is 1. The second-order valence-corrected chi connectivity index (χ2v) is 4.48. The lowest BCUT2D eigenvalue weighted by molar-refractivity contribution is 0.181. The minimum atomic E-state index is 0.426. The van der Waals surface area contributed by atoms with Crippen molar-refractivity contribution in [2.45, 2.75) is 6.61 Å². The van der Waals surface area contributed by atoms with E-state index in [4.69, 9.17) is 10.5 Å². The van der Waals surface area contributed by atoms with Crippen LogP contribution in [0.3, 0.4) is 0 Å². The lowest BCUT2D eigenvalue weighted by atomic mass is 10.2. The van der Waals surface area contributed by atoms with Gasteiger partial charge in [0.2, 0.25) is 0 Å². The highest BCUT2D eigenvalue weighted by atomic mass is 16.5. The molecule has 1 aromatic heterocycles. The SMILES string of the molecule is COCc1cc(N)nc(-c2ccc(N(C)C)cc2)n1. The van der Waals surface area contributed by atoms with Crippen LogP contribution in [0.15, 0.2) is 30.3 Å². The summed E-state index contributed by atoms with van der Waals surface area (Å²) in [7, 11) is 5.63. The van der Waals surface area contributed by atoms with Gasteiger partial charge in [-0.1, -0.05) is 0 Å². The summed E-state index contributed by atoms with van der Waals surface area (Å²) < 4.78 is 5.07. The fourth-order valence-electron chi connectivity index (χ4n) is 1.78. The zero-order chi connectivity index (χ0) is 13.8. The number of nitrogens with two attached hydrogens (primary N) is 1. The Kier molecular flexibility index (Phi) is 3.97. The monoisotopic (exact) mass is 258 g/mol. The second-order valence-electron chi connectivity index (χ2n) is 4.48. The van der Waals surface area contributed by atoms with Gasteiger partial charge >= 0.3 is 0 Å². The molecule has 0 saturated heterocycles. The van der Waals surface area contributed by atoms with Crippen molar-refractivity contribution < 1.29 is 4.74 Å². The van der Waals surface area contributed by atoms with Crippen LogP contribution in [0.4, 0.5) is 11.5 Å². The Morgan fingerprint density at radius 2 is 1.84 bits per heavy atom. The number of aromatic nitrogens is 2. The number of benzene rings is 1. The van der Waals surface area contributed by atoms with Crippen LogP contribution < -0.4 is 10.6 Å². The van der Waals surface area contributed by atoms with Crippen LogP contribution in [0.25, 0.3) is 11.4 Å². The van der Waals surface area contributed by atoms with Crippen LogP contribution >= 0.6 is 0 Å². The topological polar surface area (TPSA) is 64.3 Å². The van der Waals surface area contributed by atoms with Gasteiger partial charge in [0.1, 0.15) is 5.82 Å². The van der Waals surface area contributed by atoms with E-state index in [-0.39, 0.29) is 0 Å². The molecule has 0 spiro atoms. The summed E-state index contributed by atoms with van der Waals surface area (Å²) in [5, 5.41) is 0. The number of nitrogens with zero attached hydrogens (tertiary/aromatic N) is 3. The Labute approximate surface area is 113 Å². The molecule has 0 amide bonds. The molecule has 0 radical (unpaired) electrons. The van der Waals surface area contributed by atoms with E-state index in [1.807, 2.05) is 43.3 Å². The predicted octanol–water partition coefficient (Wildman–Crippen LogP) is 1.94. The molecule has 0 atom stereocenters. The first-order valence-electron chi connectivity index (χ1n) is 6.00. The zero-order valence-corrected chi connectivity index (χ0v) is 11.4. The molecule has 0 aliphatic rings. The van der Waals surface area contributed by atoms with E-state index < -0.39 is 0 Å². The van der Waals surface area contributed by atoms with Crippen LogP contribution in [0.2, 0.25) is 0 Å². The molecule has 1 heterocycles. The third-order valence-corrected chi connectivity index (χ3v) is 2.73. The van der Waals surface area contributed by atoms with E-state index in [2.05, 4.69) is 9.97 Å². The molecule has 0 saturated carbocycles. The molecule has 0 fully saturated rings. The maximum atomic E-state index is 5.79. The van der Waals surface area contributed by atoms with Crippen molar-refractivity contribution in [3.8, 4) is 11.4 Å². The Morgan fingerprint density at radius 3 is 2.42 bits per heavy atom. The van der Waals surface area contributed by atoms with E-state index in [9.17, 15) is 0 Å². The number of methoxy groups -OCH3 is 1. The summed E-state index contributed by atoms with van der Waals surface area (Å²) in [4.78, 5) is 10.7. The standard InChI is InChI=1S/C14H18N4O/c1-18(2)12-6-4-10(5-7-12)14-16-11(9-19-3)8-13(15)17-14/h4-8H,9H2,1-3H3,(H2,15,16,17). The third-order valence-electron chi connectivity index (χ3n) is 2.73. The lowest BCUT2D eigenvalue weighted by Gasteiger charge is -2.12. The van der Waals surface area contributed by atoms with Gasteiger partial charge in [-0.2, -0.15) is 0 Å². The average Bonchev–Trinajstić information content (AvgIpc) is 2.38. The smallest absolute Gasteiger partial charge is 0.161 e. The number of ether oxygens (including phenoxy) is 1. The summed E-state index contributed by atoms with van der Waals surface area (Å²) in [6.45, 7) is 0.426. The third kappa shape index (κ3) is 3.20. The van der Waals surface area contributed by atoms with Crippen molar-refractivity contribution in [1.82, 2.24) is 9.97 Å². The van der Waals surface area contributed by atoms with E-state index in [0.29, 0.717) is 18.2 Å². The van der Waals surface area contributed by atoms with Gasteiger partial charge in [0, 0.05) is 38.5 Å². The summed E-state index contributed by atoms with van der Waals surface area (Å²) >= 11 is 0. The van der Waals surface area contributed by atoms with Crippen molar-refractivity contribution in [3.63, 3.8) is 0 Å². The maximum absolute atomic E-state index is 5.79. The zero-order valence-electron chi connectivity index (χ0n) is 11.4. The van der Waals surface area contributed by atoms with Crippen molar-refractivity contribution in [2.75, 3.05) is 31.8 Å². The molecule has 100 valence electrons. The number of anilines is 2. The maximum Gasteiger partial charge on any atom is 0.161 e. The van der Waals surface area contributed by atoms with Crippen LogP contribution in [-0.2, 0) is 11.3 Å². The molecule has 2 N–H and O–H groups in total. The molecule has 5 heteroatoms. The highest BCUT2D eigenvalue weighted by Crippen LogP contribution is 2.20. The number of nitrogen functional groups attached to an aromatic ring is 1. The molecular weight excluding hydrogens is 240 g/mol. The van der Waals surface area contributed by atoms with Gasteiger partial charge < -0.3 is 15.4 Å². The van der Waals surface area contributed by atoms with Crippen LogP contribution in [0, 0.1) is 0 Å². The Bertz CT molecular complexity index is 552. The van der Waals surface area contributed by atoms with Crippen molar-refractivity contribution in [1.29, 1.82) is 0 Å². The molecule has 19 heavy (non-hydrogen) atoms. The minimum absolute atomic E-state index is 0.426. The highest BCUT2D eigenvalue weighted by molar-refractivity contribution is 5.61. The Balaban J connectivity index is 2.35. The normalized spacial score (nSPS) is 10.5. The second kappa shape index (κ2) is 5.67. The van der Waals surface area contributed by atoms with E-state index in [1.54, 1.807) is 13.2 Å². The highest BCUT2D eigenvalue weighted by Gasteiger charge is 2.06. The largest absolute Gasteiger partial charge is 0.384 e.